The SMILES string of the molecule is CCS(=O)(=O)c1ccc(CNc2nc3cnc(-c4c(OC)ncnc4C4CC4)nc3n(CCOC)c2=O)nc1. The third-order valence-corrected chi connectivity index (χ3v) is 8.12. The number of nitrogens with one attached hydrogen (secondary N) is 1. The van der Waals surface area contributed by atoms with Gasteiger partial charge in [0, 0.05) is 19.2 Å². The molecule has 5 rings (SSSR count). The van der Waals surface area contributed by atoms with Gasteiger partial charge in [0.25, 0.3) is 5.56 Å². The van der Waals surface area contributed by atoms with E-state index in [4.69, 9.17) is 14.5 Å². The van der Waals surface area contributed by atoms with Crippen LogP contribution < -0.4 is 15.6 Å². The highest BCUT2D eigenvalue weighted by atomic mass is 32.2. The zero-order valence-electron chi connectivity index (χ0n) is 21.8. The number of aromatic nitrogens is 7. The normalized spacial score (nSPS) is 13.5. The van der Waals surface area contributed by atoms with E-state index in [2.05, 4.69) is 30.2 Å². The van der Waals surface area contributed by atoms with Gasteiger partial charge in [-0.05, 0) is 25.0 Å². The molecule has 0 amide bonds. The van der Waals surface area contributed by atoms with Crippen LogP contribution in [0.15, 0.2) is 40.5 Å². The van der Waals surface area contributed by atoms with Crippen molar-refractivity contribution in [3.8, 4) is 17.3 Å². The summed E-state index contributed by atoms with van der Waals surface area (Å²) in [6, 6.07) is 3.10. The minimum Gasteiger partial charge on any atom is -0.480 e. The Bertz CT molecular complexity index is 1670. The Morgan fingerprint density at radius 1 is 1.08 bits per heavy atom. The topological polar surface area (TPSA) is 164 Å². The highest BCUT2D eigenvalue weighted by Crippen LogP contribution is 2.44. The second-order valence-corrected chi connectivity index (χ2v) is 11.3. The minimum atomic E-state index is -3.35. The monoisotopic (exact) mass is 552 g/mol. The second-order valence-electron chi connectivity index (χ2n) is 8.97. The van der Waals surface area contributed by atoms with E-state index in [1.54, 1.807) is 26.3 Å². The fraction of sp³-hybridized carbons (Fsp3) is 0.400. The largest absolute Gasteiger partial charge is 0.480 e. The first-order valence-corrected chi connectivity index (χ1v) is 14.1. The number of sulfone groups is 1. The third-order valence-electron chi connectivity index (χ3n) is 6.40. The van der Waals surface area contributed by atoms with E-state index >= 15 is 0 Å². The third kappa shape index (κ3) is 5.43. The van der Waals surface area contributed by atoms with E-state index in [0.29, 0.717) is 40.0 Å². The van der Waals surface area contributed by atoms with Crippen LogP contribution in [-0.2, 0) is 27.7 Å². The molecule has 0 unspecified atom stereocenters. The number of methoxy groups -OCH3 is 2. The average molecular weight is 553 g/mol. The highest BCUT2D eigenvalue weighted by molar-refractivity contribution is 7.91. The van der Waals surface area contributed by atoms with E-state index in [-0.39, 0.29) is 36.2 Å². The molecule has 204 valence electrons. The van der Waals surface area contributed by atoms with E-state index in [9.17, 15) is 13.2 Å². The Hall–Kier alpha value is -4.04. The van der Waals surface area contributed by atoms with Gasteiger partial charge in [0.05, 0.1) is 55.0 Å². The molecule has 0 aliphatic heterocycles. The molecule has 1 aliphatic carbocycles. The van der Waals surface area contributed by atoms with Gasteiger partial charge in [-0.2, -0.15) is 0 Å². The lowest BCUT2D eigenvalue weighted by atomic mass is 10.1. The van der Waals surface area contributed by atoms with Gasteiger partial charge in [0.15, 0.2) is 27.1 Å². The standard InChI is InChI=1S/C25H28N8O5S/c1-4-39(35,36)17-8-7-16(26-12-17)11-27-22-25(34)33(9-10-37-2)23-18(31-22)13-28-21(32-23)19-20(15-5-6-15)29-14-30-24(19)38-3/h7-8,12-15H,4-6,9-11H2,1-3H3,(H,27,31). The molecule has 4 aromatic heterocycles. The predicted molar refractivity (Wildman–Crippen MR) is 142 cm³/mol. The first-order valence-electron chi connectivity index (χ1n) is 12.4. The zero-order valence-corrected chi connectivity index (χ0v) is 22.6. The highest BCUT2D eigenvalue weighted by Gasteiger charge is 2.31. The number of nitrogens with zero attached hydrogens (tertiary/aromatic N) is 7. The van der Waals surface area contributed by atoms with Crippen molar-refractivity contribution < 1.29 is 17.9 Å². The molecule has 14 heteroatoms. The number of ether oxygens (including phenoxy) is 2. The van der Waals surface area contributed by atoms with Gasteiger partial charge >= 0.3 is 0 Å². The molecule has 0 spiro atoms. The fourth-order valence-electron chi connectivity index (χ4n) is 4.12. The fourth-order valence-corrected chi connectivity index (χ4v) is 4.94. The van der Waals surface area contributed by atoms with Crippen molar-refractivity contribution in [1.29, 1.82) is 0 Å². The zero-order chi connectivity index (χ0) is 27.6. The van der Waals surface area contributed by atoms with Gasteiger partial charge in [-0.3, -0.25) is 14.3 Å². The number of rotatable bonds is 11. The summed E-state index contributed by atoms with van der Waals surface area (Å²) >= 11 is 0. The number of fused-ring (bicyclic) bond motifs is 1. The smallest absolute Gasteiger partial charge is 0.295 e. The Morgan fingerprint density at radius 3 is 2.56 bits per heavy atom. The minimum absolute atomic E-state index is 0.00986. The van der Waals surface area contributed by atoms with Crippen molar-refractivity contribution in [2.45, 2.75) is 43.7 Å². The van der Waals surface area contributed by atoms with Crippen LogP contribution in [-0.4, -0.2) is 69.5 Å². The summed E-state index contributed by atoms with van der Waals surface area (Å²) in [5.74, 6) is 1.08. The van der Waals surface area contributed by atoms with Crippen molar-refractivity contribution in [3.63, 3.8) is 0 Å². The lowest BCUT2D eigenvalue weighted by Crippen LogP contribution is -2.28. The molecule has 1 saturated carbocycles. The quantitative estimate of drug-likeness (QED) is 0.288. The maximum Gasteiger partial charge on any atom is 0.295 e. The molecule has 4 heterocycles. The predicted octanol–water partition coefficient (Wildman–Crippen LogP) is 1.98. The van der Waals surface area contributed by atoms with Crippen LogP contribution in [0.3, 0.4) is 0 Å². The van der Waals surface area contributed by atoms with E-state index < -0.39 is 15.4 Å². The molecule has 39 heavy (non-hydrogen) atoms. The molecular formula is C25H28N8O5S. The van der Waals surface area contributed by atoms with Gasteiger partial charge in [-0.15, -0.1) is 0 Å². The first kappa shape index (κ1) is 26.6. The first-order chi connectivity index (χ1) is 18.9. The summed E-state index contributed by atoms with van der Waals surface area (Å²) in [7, 11) is -0.268. The Kier molecular flexibility index (Phi) is 7.48. The Labute approximate surface area is 224 Å². The van der Waals surface area contributed by atoms with Crippen LogP contribution in [0.1, 0.15) is 37.1 Å². The second kappa shape index (κ2) is 11.0. The number of pyridine rings is 1. The molecule has 1 aliphatic rings. The summed E-state index contributed by atoms with van der Waals surface area (Å²) in [5.41, 5.74) is 2.32. The van der Waals surface area contributed by atoms with E-state index in [0.717, 1.165) is 18.5 Å². The molecule has 0 bridgehead atoms. The molecular weight excluding hydrogens is 524 g/mol. The lowest BCUT2D eigenvalue weighted by molar-refractivity contribution is 0.187. The molecule has 4 aromatic rings. The molecule has 0 saturated heterocycles. The van der Waals surface area contributed by atoms with Crippen LogP contribution in [0, 0.1) is 0 Å². The average Bonchev–Trinajstić information content (AvgIpc) is 3.81. The van der Waals surface area contributed by atoms with Crippen LogP contribution in [0.2, 0.25) is 0 Å². The maximum atomic E-state index is 13.5. The molecule has 1 fully saturated rings. The van der Waals surface area contributed by atoms with E-state index in [1.165, 1.54) is 30.3 Å². The van der Waals surface area contributed by atoms with Crippen LogP contribution in [0.4, 0.5) is 5.82 Å². The Balaban J connectivity index is 1.51. The number of hydrogen-bond donors (Lipinski definition) is 1. The summed E-state index contributed by atoms with van der Waals surface area (Å²) in [5, 5.41) is 3.01. The van der Waals surface area contributed by atoms with Gasteiger partial charge in [0.2, 0.25) is 5.88 Å². The van der Waals surface area contributed by atoms with Gasteiger partial charge in [-0.1, -0.05) is 6.92 Å². The van der Waals surface area contributed by atoms with Crippen molar-refractivity contribution in [1.82, 2.24) is 34.5 Å². The van der Waals surface area contributed by atoms with Crippen molar-refractivity contribution in [2.75, 3.05) is 31.9 Å². The van der Waals surface area contributed by atoms with Crippen LogP contribution in [0.5, 0.6) is 5.88 Å². The maximum absolute atomic E-state index is 13.5. The van der Waals surface area contributed by atoms with Crippen LogP contribution >= 0.6 is 0 Å². The summed E-state index contributed by atoms with van der Waals surface area (Å²) in [6.45, 7) is 2.25. The lowest BCUT2D eigenvalue weighted by Gasteiger charge is -2.14. The number of hydrogen-bond acceptors (Lipinski definition) is 12. The summed E-state index contributed by atoms with van der Waals surface area (Å²) < 4.78 is 36.3. The molecule has 0 aromatic carbocycles. The van der Waals surface area contributed by atoms with Crippen molar-refractivity contribution in [2.24, 2.45) is 0 Å². The van der Waals surface area contributed by atoms with Gasteiger partial charge < -0.3 is 14.8 Å². The summed E-state index contributed by atoms with van der Waals surface area (Å²) in [4.78, 5) is 40.3. The van der Waals surface area contributed by atoms with E-state index in [1.807, 2.05) is 0 Å². The van der Waals surface area contributed by atoms with Gasteiger partial charge in [0.1, 0.15) is 17.4 Å². The number of anilines is 1. The van der Waals surface area contributed by atoms with Gasteiger partial charge in [-0.25, -0.2) is 33.3 Å². The van der Waals surface area contributed by atoms with Crippen molar-refractivity contribution in [3.05, 3.63) is 52.6 Å². The molecule has 0 atom stereocenters. The van der Waals surface area contributed by atoms with Crippen molar-refractivity contribution >= 4 is 26.8 Å². The summed E-state index contributed by atoms with van der Waals surface area (Å²) in [6.07, 6.45) is 6.37. The molecule has 0 radical (unpaired) electrons. The Morgan fingerprint density at radius 2 is 1.90 bits per heavy atom. The molecule has 13 nitrogen and oxygen atoms in total. The van der Waals surface area contributed by atoms with Crippen LogP contribution in [0.25, 0.3) is 22.6 Å². The molecule has 1 N–H and O–H groups in total.